The van der Waals surface area contributed by atoms with E-state index in [9.17, 15) is 4.79 Å². The van der Waals surface area contributed by atoms with Gasteiger partial charge in [0.1, 0.15) is 0 Å². The van der Waals surface area contributed by atoms with Gasteiger partial charge in [-0.15, -0.1) is 35.3 Å². The zero-order chi connectivity index (χ0) is 16.4. The molecule has 132 valence electrons. The molecule has 5 nitrogen and oxygen atoms in total. The van der Waals surface area contributed by atoms with Gasteiger partial charge in [-0.25, -0.2) is 0 Å². The van der Waals surface area contributed by atoms with Gasteiger partial charge < -0.3 is 15.5 Å². The molecule has 0 bridgehead atoms. The van der Waals surface area contributed by atoms with Crippen LogP contribution in [0.25, 0.3) is 0 Å². The molecule has 0 spiro atoms. The zero-order valence-corrected chi connectivity index (χ0v) is 17.6. The summed E-state index contributed by atoms with van der Waals surface area (Å²) in [5.41, 5.74) is 0. The highest BCUT2D eigenvalue weighted by Gasteiger charge is 2.08. The van der Waals surface area contributed by atoms with Gasteiger partial charge in [0.05, 0.1) is 0 Å². The van der Waals surface area contributed by atoms with Gasteiger partial charge in [0.15, 0.2) is 5.96 Å². The predicted molar refractivity (Wildman–Crippen MR) is 110 cm³/mol. The van der Waals surface area contributed by atoms with Crippen molar-refractivity contribution in [2.24, 2.45) is 4.99 Å². The van der Waals surface area contributed by atoms with E-state index in [1.807, 2.05) is 14.0 Å². The number of aliphatic imine (C=N–C) groups is 1. The summed E-state index contributed by atoms with van der Waals surface area (Å²) in [5, 5.41) is 8.30. The van der Waals surface area contributed by atoms with Crippen LogP contribution in [0.15, 0.2) is 22.5 Å². The van der Waals surface area contributed by atoms with Crippen molar-refractivity contribution in [3.05, 3.63) is 22.4 Å². The third kappa shape index (κ3) is 9.14. The highest BCUT2D eigenvalue weighted by Crippen LogP contribution is 2.09. The molecule has 0 saturated carbocycles. The Morgan fingerprint density at radius 3 is 2.78 bits per heavy atom. The Hall–Kier alpha value is -0.830. The lowest BCUT2D eigenvalue weighted by atomic mass is 10.2. The van der Waals surface area contributed by atoms with E-state index in [4.69, 9.17) is 0 Å². The van der Waals surface area contributed by atoms with E-state index in [1.165, 1.54) is 4.88 Å². The highest BCUT2D eigenvalue weighted by atomic mass is 127. The summed E-state index contributed by atoms with van der Waals surface area (Å²) in [5.74, 6) is 0.909. The van der Waals surface area contributed by atoms with Crippen LogP contribution in [0, 0.1) is 0 Å². The molecule has 1 aromatic rings. The standard InChI is InChI=1S/C16H28N4OS.HI/c1-5-13(2)19-15(21)8-10-18-16(17-3)20(4)11-9-14-7-6-12-22-14;/h6-7,12-13H,5,8-11H2,1-4H3,(H,17,18)(H,19,21);1H. The van der Waals surface area contributed by atoms with Gasteiger partial charge in [0.25, 0.3) is 0 Å². The molecule has 0 radical (unpaired) electrons. The lowest BCUT2D eigenvalue weighted by Crippen LogP contribution is -2.42. The first-order valence-corrected chi connectivity index (χ1v) is 8.68. The lowest BCUT2D eigenvalue weighted by Gasteiger charge is -2.22. The number of likely N-dealkylation sites (N-methyl/N-ethyl adjacent to an activating group) is 1. The van der Waals surface area contributed by atoms with E-state index in [-0.39, 0.29) is 35.9 Å². The summed E-state index contributed by atoms with van der Waals surface area (Å²) < 4.78 is 0. The Morgan fingerprint density at radius 1 is 1.48 bits per heavy atom. The summed E-state index contributed by atoms with van der Waals surface area (Å²) in [6.45, 7) is 5.58. The quantitative estimate of drug-likeness (QED) is 0.362. The smallest absolute Gasteiger partial charge is 0.221 e. The third-order valence-corrected chi connectivity index (χ3v) is 4.44. The van der Waals surface area contributed by atoms with Crippen LogP contribution in [-0.4, -0.2) is 50.0 Å². The minimum absolute atomic E-state index is 0. The lowest BCUT2D eigenvalue weighted by molar-refractivity contribution is -0.121. The van der Waals surface area contributed by atoms with Gasteiger partial charge in [-0.05, 0) is 31.2 Å². The Kier molecular flexibility index (Phi) is 12.1. The molecule has 1 aromatic heterocycles. The SMILES string of the molecule is CCC(C)NC(=O)CCNC(=NC)N(C)CCc1cccs1.I. The van der Waals surface area contributed by atoms with E-state index in [0.29, 0.717) is 13.0 Å². The van der Waals surface area contributed by atoms with Crippen molar-refractivity contribution in [1.82, 2.24) is 15.5 Å². The van der Waals surface area contributed by atoms with Crippen molar-refractivity contribution in [2.45, 2.75) is 39.2 Å². The Labute approximate surface area is 161 Å². The fraction of sp³-hybridized carbons (Fsp3) is 0.625. The molecule has 7 heteroatoms. The minimum Gasteiger partial charge on any atom is -0.356 e. The molecule has 1 atom stereocenters. The van der Waals surface area contributed by atoms with E-state index in [2.05, 4.69) is 45.0 Å². The van der Waals surface area contributed by atoms with Crippen LogP contribution in [0.5, 0.6) is 0 Å². The first-order valence-electron chi connectivity index (χ1n) is 7.80. The summed E-state index contributed by atoms with van der Waals surface area (Å²) in [4.78, 5) is 19.5. The third-order valence-electron chi connectivity index (χ3n) is 3.50. The average molecular weight is 452 g/mol. The zero-order valence-electron chi connectivity index (χ0n) is 14.5. The second-order valence-electron chi connectivity index (χ2n) is 5.35. The number of hydrogen-bond acceptors (Lipinski definition) is 3. The molecule has 1 unspecified atom stereocenters. The number of carbonyl (C=O) groups excluding carboxylic acids is 1. The van der Waals surface area contributed by atoms with Crippen molar-refractivity contribution in [2.75, 3.05) is 27.2 Å². The fourth-order valence-electron chi connectivity index (χ4n) is 1.96. The second-order valence-corrected chi connectivity index (χ2v) is 6.38. The molecule has 0 fully saturated rings. The predicted octanol–water partition coefficient (Wildman–Crippen LogP) is 2.72. The van der Waals surface area contributed by atoms with Crippen LogP contribution in [-0.2, 0) is 11.2 Å². The Bertz CT molecular complexity index is 465. The molecule has 23 heavy (non-hydrogen) atoms. The molecule has 2 N–H and O–H groups in total. The number of hydrogen-bond donors (Lipinski definition) is 2. The number of nitrogens with one attached hydrogen (secondary N) is 2. The number of halogens is 1. The van der Waals surface area contributed by atoms with E-state index >= 15 is 0 Å². The molecule has 1 amide bonds. The largest absolute Gasteiger partial charge is 0.356 e. The number of thiophene rings is 1. The summed E-state index contributed by atoms with van der Waals surface area (Å²) >= 11 is 1.77. The highest BCUT2D eigenvalue weighted by molar-refractivity contribution is 14.0. The maximum Gasteiger partial charge on any atom is 0.221 e. The molecule has 0 aliphatic carbocycles. The molecular weight excluding hydrogens is 423 g/mol. The fourth-order valence-corrected chi connectivity index (χ4v) is 2.66. The maximum absolute atomic E-state index is 11.7. The van der Waals surface area contributed by atoms with Crippen molar-refractivity contribution < 1.29 is 4.79 Å². The van der Waals surface area contributed by atoms with Crippen molar-refractivity contribution in [3.63, 3.8) is 0 Å². The minimum atomic E-state index is 0. The topological polar surface area (TPSA) is 56.7 Å². The first-order chi connectivity index (χ1) is 10.6. The van der Waals surface area contributed by atoms with Crippen molar-refractivity contribution in [1.29, 1.82) is 0 Å². The van der Waals surface area contributed by atoms with Crippen molar-refractivity contribution in [3.8, 4) is 0 Å². The number of amides is 1. The monoisotopic (exact) mass is 452 g/mol. The molecule has 0 aliphatic heterocycles. The van der Waals surface area contributed by atoms with Gasteiger partial charge in [-0.1, -0.05) is 13.0 Å². The van der Waals surface area contributed by atoms with Crippen LogP contribution in [0.2, 0.25) is 0 Å². The van der Waals surface area contributed by atoms with Crippen LogP contribution < -0.4 is 10.6 Å². The van der Waals surface area contributed by atoms with Crippen LogP contribution in [0.4, 0.5) is 0 Å². The summed E-state index contributed by atoms with van der Waals surface area (Å²) in [7, 11) is 3.78. The molecule has 1 rings (SSSR count). The molecule has 1 heterocycles. The van der Waals surface area contributed by atoms with Crippen LogP contribution in [0.1, 0.15) is 31.6 Å². The van der Waals surface area contributed by atoms with Gasteiger partial charge in [-0.2, -0.15) is 0 Å². The number of rotatable bonds is 8. The number of carbonyl (C=O) groups is 1. The Balaban J connectivity index is 0.00000484. The van der Waals surface area contributed by atoms with Gasteiger partial charge >= 0.3 is 0 Å². The molecule has 0 saturated heterocycles. The van der Waals surface area contributed by atoms with E-state index in [0.717, 1.165) is 25.3 Å². The molecule has 0 aliphatic rings. The first kappa shape index (κ1) is 22.2. The van der Waals surface area contributed by atoms with E-state index in [1.54, 1.807) is 18.4 Å². The maximum atomic E-state index is 11.7. The van der Waals surface area contributed by atoms with Crippen molar-refractivity contribution >= 4 is 47.2 Å². The second kappa shape index (κ2) is 12.6. The number of nitrogens with zero attached hydrogens (tertiary/aromatic N) is 2. The normalized spacial score (nSPS) is 12.3. The van der Waals surface area contributed by atoms with Crippen LogP contribution >= 0.6 is 35.3 Å². The average Bonchev–Trinajstić information content (AvgIpc) is 3.02. The number of guanidine groups is 1. The summed E-state index contributed by atoms with van der Waals surface area (Å²) in [6.07, 6.45) is 2.41. The van der Waals surface area contributed by atoms with Crippen LogP contribution in [0.3, 0.4) is 0 Å². The van der Waals surface area contributed by atoms with Gasteiger partial charge in [0, 0.05) is 44.5 Å². The summed E-state index contributed by atoms with van der Waals surface area (Å²) in [6, 6.07) is 4.46. The Morgan fingerprint density at radius 2 is 2.22 bits per heavy atom. The molecular formula is C16H29IN4OS. The van der Waals surface area contributed by atoms with Gasteiger partial charge in [-0.3, -0.25) is 9.79 Å². The van der Waals surface area contributed by atoms with E-state index < -0.39 is 0 Å². The van der Waals surface area contributed by atoms with Gasteiger partial charge in [0.2, 0.25) is 5.91 Å². The molecule has 0 aromatic carbocycles.